The second kappa shape index (κ2) is 6.57. The van der Waals surface area contributed by atoms with Crippen molar-refractivity contribution in [2.24, 2.45) is 0 Å². The van der Waals surface area contributed by atoms with E-state index in [1.165, 1.54) is 0 Å². The molecule has 1 aliphatic heterocycles. The Labute approximate surface area is 99.3 Å². The molecule has 0 aliphatic carbocycles. The van der Waals surface area contributed by atoms with Crippen LogP contribution < -0.4 is 5.32 Å². The van der Waals surface area contributed by atoms with Gasteiger partial charge in [-0.25, -0.2) is 8.42 Å². The highest BCUT2D eigenvalue weighted by Crippen LogP contribution is 2.04. The molecule has 1 atom stereocenters. The predicted molar refractivity (Wildman–Crippen MR) is 67.5 cm³/mol. The van der Waals surface area contributed by atoms with Gasteiger partial charge in [0.15, 0.2) is 9.84 Å². The first kappa shape index (κ1) is 13.9. The number of rotatable bonds is 5. The summed E-state index contributed by atoms with van der Waals surface area (Å²) in [5.74, 6) is 0.566. The van der Waals surface area contributed by atoms with Crippen LogP contribution in [0, 0.1) is 0 Å². The van der Waals surface area contributed by atoms with E-state index in [1.807, 2.05) is 0 Å². The standard InChI is InChI=1S/C11H24N2O2S/c1-3-11-10-13(7-5-6-12-11)8-9-16(14,15)4-2/h11-12H,3-10H2,1-2H3. The van der Waals surface area contributed by atoms with Crippen LogP contribution in [0.1, 0.15) is 26.7 Å². The summed E-state index contributed by atoms with van der Waals surface area (Å²) in [6.45, 7) is 7.63. The zero-order valence-corrected chi connectivity index (χ0v) is 11.2. The molecule has 0 saturated carbocycles. The topological polar surface area (TPSA) is 49.4 Å². The van der Waals surface area contributed by atoms with Crippen LogP contribution in [0.3, 0.4) is 0 Å². The van der Waals surface area contributed by atoms with Crippen LogP contribution in [-0.4, -0.2) is 57.0 Å². The van der Waals surface area contributed by atoms with Gasteiger partial charge in [0.25, 0.3) is 0 Å². The van der Waals surface area contributed by atoms with Gasteiger partial charge in [0, 0.05) is 24.9 Å². The van der Waals surface area contributed by atoms with Crippen molar-refractivity contribution >= 4 is 9.84 Å². The molecular formula is C11H24N2O2S. The fourth-order valence-corrected chi connectivity index (χ4v) is 2.79. The number of sulfone groups is 1. The van der Waals surface area contributed by atoms with Crippen molar-refractivity contribution in [2.75, 3.05) is 37.7 Å². The minimum Gasteiger partial charge on any atom is -0.313 e. The van der Waals surface area contributed by atoms with E-state index in [0.29, 0.717) is 18.3 Å². The van der Waals surface area contributed by atoms with Crippen molar-refractivity contribution in [2.45, 2.75) is 32.7 Å². The lowest BCUT2D eigenvalue weighted by atomic mass is 10.2. The predicted octanol–water partition coefficient (Wildman–Crippen LogP) is 0.495. The average molecular weight is 248 g/mol. The molecule has 0 spiro atoms. The average Bonchev–Trinajstić information content (AvgIpc) is 2.51. The fraction of sp³-hybridized carbons (Fsp3) is 1.00. The fourth-order valence-electron chi connectivity index (χ4n) is 1.97. The Kier molecular flexibility index (Phi) is 5.72. The Bertz CT molecular complexity index is 290. The van der Waals surface area contributed by atoms with Crippen molar-refractivity contribution in [1.29, 1.82) is 0 Å². The number of nitrogens with zero attached hydrogens (tertiary/aromatic N) is 1. The molecule has 1 fully saturated rings. The molecule has 4 nitrogen and oxygen atoms in total. The van der Waals surface area contributed by atoms with Gasteiger partial charge in [-0.15, -0.1) is 0 Å². The third-order valence-electron chi connectivity index (χ3n) is 3.21. The Balaban J connectivity index is 2.40. The monoisotopic (exact) mass is 248 g/mol. The minimum atomic E-state index is -2.82. The summed E-state index contributed by atoms with van der Waals surface area (Å²) >= 11 is 0. The van der Waals surface area contributed by atoms with Crippen molar-refractivity contribution in [3.8, 4) is 0 Å². The van der Waals surface area contributed by atoms with Gasteiger partial charge in [-0.1, -0.05) is 13.8 Å². The van der Waals surface area contributed by atoms with Gasteiger partial charge in [-0.3, -0.25) is 0 Å². The lowest BCUT2D eigenvalue weighted by Gasteiger charge is -2.23. The quantitative estimate of drug-likeness (QED) is 0.769. The molecule has 0 aromatic carbocycles. The van der Waals surface area contributed by atoms with Crippen LogP contribution in [0.15, 0.2) is 0 Å². The molecule has 0 aromatic heterocycles. The van der Waals surface area contributed by atoms with Crippen LogP contribution >= 0.6 is 0 Å². The summed E-state index contributed by atoms with van der Waals surface area (Å²) < 4.78 is 22.9. The van der Waals surface area contributed by atoms with Gasteiger partial charge in [-0.05, 0) is 25.9 Å². The maximum absolute atomic E-state index is 11.4. The van der Waals surface area contributed by atoms with Gasteiger partial charge in [0.2, 0.25) is 0 Å². The molecular weight excluding hydrogens is 224 g/mol. The van der Waals surface area contributed by atoms with E-state index in [1.54, 1.807) is 6.92 Å². The molecule has 1 saturated heterocycles. The van der Waals surface area contributed by atoms with Crippen LogP contribution in [0.2, 0.25) is 0 Å². The highest BCUT2D eigenvalue weighted by Gasteiger charge is 2.17. The molecule has 96 valence electrons. The van der Waals surface area contributed by atoms with Gasteiger partial charge < -0.3 is 10.2 Å². The van der Waals surface area contributed by atoms with Crippen molar-refractivity contribution in [3.63, 3.8) is 0 Å². The minimum absolute atomic E-state index is 0.260. The molecule has 0 radical (unpaired) electrons. The number of hydrogen-bond donors (Lipinski definition) is 1. The van der Waals surface area contributed by atoms with Gasteiger partial charge in [0.05, 0.1) is 5.75 Å². The van der Waals surface area contributed by atoms with Crippen LogP contribution in [0.4, 0.5) is 0 Å². The SMILES string of the molecule is CCC1CN(CCS(=O)(=O)CC)CCCN1. The second-order valence-electron chi connectivity index (χ2n) is 4.45. The zero-order chi connectivity index (χ0) is 12.0. The molecule has 1 aliphatic rings. The first-order valence-corrected chi connectivity index (χ1v) is 8.05. The summed E-state index contributed by atoms with van der Waals surface area (Å²) in [5, 5.41) is 3.48. The third kappa shape index (κ3) is 4.80. The summed E-state index contributed by atoms with van der Waals surface area (Å²) in [6, 6.07) is 0.520. The Morgan fingerprint density at radius 2 is 2.12 bits per heavy atom. The number of nitrogens with one attached hydrogen (secondary N) is 1. The van der Waals surface area contributed by atoms with E-state index < -0.39 is 9.84 Å². The second-order valence-corrected chi connectivity index (χ2v) is 6.92. The summed E-state index contributed by atoms with van der Waals surface area (Å²) in [4.78, 5) is 2.28. The normalized spacial score (nSPS) is 24.2. The summed E-state index contributed by atoms with van der Waals surface area (Å²) in [5.41, 5.74) is 0. The van der Waals surface area contributed by atoms with Crippen molar-refractivity contribution in [1.82, 2.24) is 10.2 Å². The molecule has 1 heterocycles. The first-order valence-electron chi connectivity index (χ1n) is 6.23. The maximum atomic E-state index is 11.4. The summed E-state index contributed by atoms with van der Waals surface area (Å²) in [7, 11) is -2.82. The van der Waals surface area contributed by atoms with Gasteiger partial charge >= 0.3 is 0 Å². The number of hydrogen-bond acceptors (Lipinski definition) is 4. The molecule has 0 bridgehead atoms. The Morgan fingerprint density at radius 1 is 1.38 bits per heavy atom. The lowest BCUT2D eigenvalue weighted by molar-refractivity contribution is 0.279. The van der Waals surface area contributed by atoms with Crippen molar-refractivity contribution in [3.05, 3.63) is 0 Å². The Morgan fingerprint density at radius 3 is 2.75 bits per heavy atom. The first-order chi connectivity index (χ1) is 7.57. The largest absolute Gasteiger partial charge is 0.313 e. The maximum Gasteiger partial charge on any atom is 0.151 e. The van der Waals surface area contributed by atoms with E-state index in [9.17, 15) is 8.42 Å². The lowest BCUT2D eigenvalue weighted by Crippen LogP contribution is -2.39. The van der Waals surface area contributed by atoms with Crippen LogP contribution in [0.25, 0.3) is 0 Å². The third-order valence-corrected chi connectivity index (χ3v) is 4.90. The van der Waals surface area contributed by atoms with Gasteiger partial charge in [-0.2, -0.15) is 0 Å². The highest BCUT2D eigenvalue weighted by molar-refractivity contribution is 7.91. The summed E-state index contributed by atoms with van der Waals surface area (Å²) in [6.07, 6.45) is 2.22. The van der Waals surface area contributed by atoms with Crippen LogP contribution in [-0.2, 0) is 9.84 Å². The molecule has 1 unspecified atom stereocenters. The molecule has 1 N–H and O–H groups in total. The smallest absolute Gasteiger partial charge is 0.151 e. The molecule has 1 rings (SSSR count). The molecule has 0 aromatic rings. The molecule has 5 heteroatoms. The van der Waals surface area contributed by atoms with E-state index in [-0.39, 0.29) is 5.75 Å². The Hall–Kier alpha value is -0.130. The van der Waals surface area contributed by atoms with E-state index >= 15 is 0 Å². The van der Waals surface area contributed by atoms with Gasteiger partial charge in [0.1, 0.15) is 0 Å². The molecule has 0 amide bonds. The zero-order valence-electron chi connectivity index (χ0n) is 10.4. The highest BCUT2D eigenvalue weighted by atomic mass is 32.2. The van der Waals surface area contributed by atoms with Crippen LogP contribution in [0.5, 0.6) is 0 Å². The van der Waals surface area contributed by atoms with E-state index in [2.05, 4.69) is 17.1 Å². The van der Waals surface area contributed by atoms with Crippen molar-refractivity contribution < 1.29 is 8.42 Å². The molecule has 16 heavy (non-hydrogen) atoms. The van der Waals surface area contributed by atoms with E-state index in [4.69, 9.17) is 0 Å². The van der Waals surface area contributed by atoms with E-state index in [0.717, 1.165) is 32.5 Å².